The van der Waals surface area contributed by atoms with E-state index in [1.54, 1.807) is 24.3 Å². The quantitative estimate of drug-likeness (QED) is 0.0999. The molecule has 0 aliphatic carbocycles. The Kier molecular flexibility index (Phi) is 17.5. The summed E-state index contributed by atoms with van der Waals surface area (Å²) in [6.45, 7) is 20.7. The van der Waals surface area contributed by atoms with Gasteiger partial charge in [0.15, 0.2) is 18.7 Å². The predicted octanol–water partition coefficient (Wildman–Crippen LogP) is 6.59. The zero-order valence-corrected chi connectivity index (χ0v) is 32.5. The molecule has 1 aromatic carbocycles. The molecule has 0 spiro atoms. The molecule has 1 aromatic rings. The fraction of sp³-hybridized carbons (Fsp3) is 0.757. The van der Waals surface area contributed by atoms with Crippen molar-refractivity contribution in [3.05, 3.63) is 35.9 Å². The standard InChI is InChI=1S/C37H60N3O9P/c1-11-30-25(7)26(8)32(39-28(10)41)36(46-30)49-33-27(9)34(48-35(42)29-17-14-13-15-18-29)37(47-31(33)12-2)43-21-22-45-50(44-20-16-19-38)40(23(3)4)24(5)6/h13-15,17-18,23-27,30-34,36-37H,11-12,16,20-22H2,1-10H3,(H,39,41). The SMILES string of the molecule is CCC1OC(OC2C(CC)OC(OCCOP(OCCC#N)N(C(C)C)C(C)C)C(OC(=O)c3ccccc3)C2C)C(NC(C)=O)C(C)C1C. The summed E-state index contributed by atoms with van der Waals surface area (Å²) in [6.07, 6.45) is -1.77. The molecule has 1 amide bonds. The van der Waals surface area contributed by atoms with E-state index < -0.39 is 45.4 Å². The van der Waals surface area contributed by atoms with Gasteiger partial charge in [0.1, 0.15) is 0 Å². The van der Waals surface area contributed by atoms with E-state index in [-0.39, 0.29) is 74.1 Å². The van der Waals surface area contributed by atoms with E-state index in [1.165, 1.54) is 6.92 Å². The van der Waals surface area contributed by atoms with E-state index in [2.05, 4.69) is 64.5 Å². The lowest BCUT2D eigenvalue weighted by Crippen LogP contribution is -2.62. The third-order valence-corrected chi connectivity index (χ3v) is 11.6. The summed E-state index contributed by atoms with van der Waals surface area (Å²) in [7, 11) is -1.45. The number of esters is 1. The van der Waals surface area contributed by atoms with Crippen LogP contribution in [0.1, 0.15) is 98.9 Å². The largest absolute Gasteiger partial charge is 0.453 e. The first-order chi connectivity index (χ1) is 23.8. The maximum atomic E-state index is 13.4. The average molecular weight is 722 g/mol. The van der Waals surface area contributed by atoms with E-state index in [9.17, 15) is 9.59 Å². The zero-order valence-electron chi connectivity index (χ0n) is 31.6. The second kappa shape index (κ2) is 20.7. The summed E-state index contributed by atoms with van der Waals surface area (Å²) >= 11 is 0. The lowest BCUT2D eigenvalue weighted by Gasteiger charge is -2.49. The van der Waals surface area contributed by atoms with Crippen LogP contribution in [0.5, 0.6) is 0 Å². The van der Waals surface area contributed by atoms with Gasteiger partial charge in [0, 0.05) is 24.9 Å². The highest BCUT2D eigenvalue weighted by molar-refractivity contribution is 7.44. The Morgan fingerprint density at radius 3 is 2.08 bits per heavy atom. The molecule has 50 heavy (non-hydrogen) atoms. The molecule has 12 nitrogen and oxygen atoms in total. The first-order valence-electron chi connectivity index (χ1n) is 18.2. The predicted molar refractivity (Wildman–Crippen MR) is 191 cm³/mol. The van der Waals surface area contributed by atoms with Crippen molar-refractivity contribution in [2.45, 2.75) is 144 Å². The number of nitrogens with zero attached hydrogens (tertiary/aromatic N) is 2. The van der Waals surface area contributed by atoms with E-state index >= 15 is 0 Å². The average Bonchev–Trinajstić information content (AvgIpc) is 3.08. The van der Waals surface area contributed by atoms with Crippen LogP contribution in [-0.4, -0.2) is 91.5 Å². The van der Waals surface area contributed by atoms with Crippen LogP contribution in [0.25, 0.3) is 0 Å². The van der Waals surface area contributed by atoms with Crippen LogP contribution in [0.4, 0.5) is 0 Å². The molecule has 2 saturated heterocycles. The maximum Gasteiger partial charge on any atom is 0.338 e. The number of nitriles is 1. The monoisotopic (exact) mass is 721 g/mol. The first-order valence-corrected chi connectivity index (χ1v) is 19.3. The minimum absolute atomic E-state index is 0.0423. The summed E-state index contributed by atoms with van der Waals surface area (Å²) in [6, 6.07) is 10.9. The van der Waals surface area contributed by atoms with Crippen LogP contribution < -0.4 is 5.32 Å². The fourth-order valence-electron chi connectivity index (χ4n) is 6.76. The highest BCUT2D eigenvalue weighted by Crippen LogP contribution is 2.46. The molecule has 3 rings (SSSR count). The van der Waals surface area contributed by atoms with Gasteiger partial charge in [0.25, 0.3) is 8.53 Å². The van der Waals surface area contributed by atoms with Gasteiger partial charge >= 0.3 is 5.97 Å². The van der Waals surface area contributed by atoms with Gasteiger partial charge in [-0.2, -0.15) is 5.26 Å². The summed E-state index contributed by atoms with van der Waals surface area (Å²) < 4.78 is 46.7. The second-order valence-corrected chi connectivity index (χ2v) is 15.2. The molecule has 2 aliphatic rings. The molecule has 13 heteroatoms. The highest BCUT2D eigenvalue weighted by Gasteiger charge is 2.50. The Hall–Kier alpha value is -2.20. The Bertz CT molecular complexity index is 1210. The summed E-state index contributed by atoms with van der Waals surface area (Å²) in [5, 5.41) is 12.1. The number of hydrogen-bond donors (Lipinski definition) is 1. The highest BCUT2D eigenvalue weighted by atomic mass is 31.2. The van der Waals surface area contributed by atoms with Crippen LogP contribution >= 0.6 is 8.53 Å². The molecule has 2 fully saturated rings. The van der Waals surface area contributed by atoms with Crippen molar-refractivity contribution in [2.75, 3.05) is 19.8 Å². The zero-order chi connectivity index (χ0) is 37.0. The lowest BCUT2D eigenvalue weighted by atomic mass is 9.81. The van der Waals surface area contributed by atoms with Crippen LogP contribution in [-0.2, 0) is 37.5 Å². The van der Waals surface area contributed by atoms with Crippen LogP contribution in [0.2, 0.25) is 0 Å². The summed E-state index contributed by atoms with van der Waals surface area (Å²) in [5.74, 6) is -0.712. The third kappa shape index (κ3) is 11.4. The van der Waals surface area contributed by atoms with Gasteiger partial charge in [0.2, 0.25) is 5.91 Å². The van der Waals surface area contributed by atoms with Crippen molar-refractivity contribution in [2.24, 2.45) is 17.8 Å². The molecule has 11 atom stereocenters. The van der Waals surface area contributed by atoms with Crippen molar-refractivity contribution >= 4 is 20.4 Å². The minimum atomic E-state index is -1.45. The number of ether oxygens (including phenoxy) is 5. The van der Waals surface area contributed by atoms with Crippen molar-refractivity contribution in [1.82, 2.24) is 9.99 Å². The number of carbonyl (C=O) groups excluding carboxylic acids is 2. The van der Waals surface area contributed by atoms with Crippen molar-refractivity contribution < 1.29 is 42.3 Å². The third-order valence-electron chi connectivity index (χ3n) is 9.51. The second-order valence-electron chi connectivity index (χ2n) is 13.8. The van der Waals surface area contributed by atoms with E-state index in [0.29, 0.717) is 12.0 Å². The smallest absolute Gasteiger partial charge is 0.338 e. The van der Waals surface area contributed by atoms with Crippen LogP contribution in [0.15, 0.2) is 30.3 Å². The topological polar surface area (TPSA) is 138 Å². The molecule has 0 bridgehead atoms. The Labute approximate surface area is 300 Å². The molecular formula is C37H60N3O9P. The fourth-order valence-corrected chi connectivity index (χ4v) is 8.34. The van der Waals surface area contributed by atoms with Crippen molar-refractivity contribution in [1.29, 1.82) is 5.26 Å². The molecule has 0 radical (unpaired) electrons. The normalized spacial score (nSPS) is 30.6. The first kappa shape index (κ1) is 42.2. The van der Waals surface area contributed by atoms with E-state index in [1.807, 2.05) is 19.9 Å². The molecule has 0 saturated carbocycles. The Morgan fingerprint density at radius 2 is 1.50 bits per heavy atom. The van der Waals surface area contributed by atoms with Gasteiger partial charge in [-0.05, 0) is 64.5 Å². The van der Waals surface area contributed by atoms with Gasteiger partial charge in [-0.25, -0.2) is 9.46 Å². The van der Waals surface area contributed by atoms with Gasteiger partial charge in [0.05, 0.1) is 62.2 Å². The minimum Gasteiger partial charge on any atom is -0.453 e. The number of carbonyl (C=O) groups is 2. The number of nitrogens with one attached hydrogen (secondary N) is 1. The van der Waals surface area contributed by atoms with Crippen LogP contribution in [0.3, 0.4) is 0 Å². The molecule has 1 N–H and O–H groups in total. The van der Waals surface area contributed by atoms with Gasteiger partial charge < -0.3 is 38.0 Å². The van der Waals surface area contributed by atoms with Gasteiger partial charge in [-0.3, -0.25) is 4.79 Å². The van der Waals surface area contributed by atoms with Crippen molar-refractivity contribution in [3.8, 4) is 6.07 Å². The number of rotatable bonds is 18. The maximum absolute atomic E-state index is 13.4. The lowest BCUT2D eigenvalue weighted by molar-refractivity contribution is -0.327. The number of hydrogen-bond acceptors (Lipinski definition) is 11. The molecule has 282 valence electrons. The Balaban J connectivity index is 1.83. The molecular weight excluding hydrogens is 661 g/mol. The molecule has 2 heterocycles. The molecule has 0 aromatic heterocycles. The molecule has 11 unspecified atom stereocenters. The Morgan fingerprint density at radius 1 is 0.880 bits per heavy atom. The van der Waals surface area contributed by atoms with Gasteiger partial charge in [-0.15, -0.1) is 0 Å². The number of amides is 1. The van der Waals surface area contributed by atoms with Crippen molar-refractivity contribution in [3.63, 3.8) is 0 Å². The van der Waals surface area contributed by atoms with E-state index in [0.717, 1.165) is 6.42 Å². The van der Waals surface area contributed by atoms with Crippen LogP contribution in [0, 0.1) is 29.1 Å². The van der Waals surface area contributed by atoms with Gasteiger partial charge in [-0.1, -0.05) is 52.8 Å². The summed E-state index contributed by atoms with van der Waals surface area (Å²) in [4.78, 5) is 25.7. The summed E-state index contributed by atoms with van der Waals surface area (Å²) in [5.41, 5.74) is 0.412. The van der Waals surface area contributed by atoms with E-state index in [4.69, 9.17) is 38.0 Å². The molecule has 2 aliphatic heterocycles. The number of benzene rings is 1.